The van der Waals surface area contributed by atoms with Crippen molar-refractivity contribution in [2.75, 3.05) is 0 Å². The first kappa shape index (κ1) is 9.70. The average molecular weight is 189 g/mol. The highest BCUT2D eigenvalue weighted by molar-refractivity contribution is 5.72. The molecule has 0 fully saturated rings. The van der Waals surface area contributed by atoms with Crippen LogP contribution in [0.3, 0.4) is 0 Å². The Morgan fingerprint density at radius 2 is 2.15 bits per heavy atom. The van der Waals surface area contributed by atoms with E-state index in [2.05, 4.69) is 4.98 Å². The molecule has 1 aromatic heterocycles. The van der Waals surface area contributed by atoms with Gasteiger partial charge in [0.25, 0.3) is 6.43 Å². The second-order valence-corrected chi connectivity index (χ2v) is 2.48. The van der Waals surface area contributed by atoms with Crippen LogP contribution in [-0.4, -0.2) is 11.3 Å². The Morgan fingerprint density at radius 1 is 1.54 bits per heavy atom. The van der Waals surface area contributed by atoms with Crippen LogP contribution in [0.2, 0.25) is 0 Å². The third-order valence-electron chi connectivity index (χ3n) is 1.51. The minimum absolute atomic E-state index is 0.00704. The summed E-state index contributed by atoms with van der Waals surface area (Å²) in [6.07, 6.45) is -2.70. The minimum atomic E-state index is -3.00. The van der Waals surface area contributed by atoms with E-state index in [1.54, 1.807) is 0 Å². The Morgan fingerprint density at radius 3 is 2.62 bits per heavy atom. The lowest BCUT2D eigenvalue weighted by Gasteiger charge is -2.03. The van der Waals surface area contributed by atoms with E-state index in [9.17, 15) is 18.0 Å². The molecule has 5 heteroatoms. The zero-order valence-corrected chi connectivity index (χ0v) is 6.72. The largest absolute Gasteiger partial charge is 0.296 e. The molecule has 0 saturated carbocycles. The quantitative estimate of drug-likeness (QED) is 0.668. The van der Waals surface area contributed by atoms with E-state index in [4.69, 9.17) is 0 Å². The average Bonchev–Trinajstić information content (AvgIpc) is 2.09. The molecule has 0 spiro atoms. The molecule has 0 aromatic carbocycles. The van der Waals surface area contributed by atoms with Crippen LogP contribution in [0.25, 0.3) is 0 Å². The number of pyridine rings is 1. The fraction of sp³-hybridized carbons (Fsp3) is 0.250. The molecule has 0 atom stereocenters. The number of hydrogen-bond donors (Lipinski definition) is 0. The molecule has 1 aromatic rings. The van der Waals surface area contributed by atoms with Crippen LogP contribution >= 0.6 is 0 Å². The topological polar surface area (TPSA) is 30.0 Å². The van der Waals surface area contributed by atoms with Crippen molar-refractivity contribution in [1.82, 2.24) is 4.98 Å². The molecule has 0 N–H and O–H groups in total. The smallest absolute Gasteiger partial charge is 0.283 e. The number of halogens is 3. The molecular weight excluding hydrogens is 183 g/mol. The van der Waals surface area contributed by atoms with E-state index in [0.29, 0.717) is 6.29 Å². The van der Waals surface area contributed by atoms with Gasteiger partial charge in [-0.15, -0.1) is 0 Å². The van der Waals surface area contributed by atoms with Crippen molar-refractivity contribution in [3.8, 4) is 0 Å². The van der Waals surface area contributed by atoms with Gasteiger partial charge in [-0.3, -0.25) is 4.79 Å². The molecule has 0 radical (unpaired) electrons. The fourth-order valence-electron chi connectivity index (χ4n) is 0.913. The van der Waals surface area contributed by atoms with Gasteiger partial charge in [0.05, 0.1) is 0 Å². The first-order valence-corrected chi connectivity index (χ1v) is 3.46. The zero-order valence-electron chi connectivity index (χ0n) is 6.72. The highest BCUT2D eigenvalue weighted by Crippen LogP contribution is 2.22. The molecule has 0 saturated heterocycles. The molecule has 0 bridgehead atoms. The molecule has 70 valence electrons. The van der Waals surface area contributed by atoms with Gasteiger partial charge in [-0.05, 0) is 18.6 Å². The summed E-state index contributed by atoms with van der Waals surface area (Å²) in [4.78, 5) is 13.4. The van der Waals surface area contributed by atoms with Crippen LogP contribution in [0.1, 0.15) is 28.2 Å². The summed E-state index contributed by atoms with van der Waals surface area (Å²) in [6.45, 7) is 1.30. The molecule has 2 nitrogen and oxygen atoms in total. The molecule has 13 heavy (non-hydrogen) atoms. The Labute approximate surface area is 72.4 Å². The number of rotatable bonds is 2. The maximum atomic E-state index is 12.9. The van der Waals surface area contributed by atoms with E-state index in [1.165, 1.54) is 6.92 Å². The van der Waals surface area contributed by atoms with Gasteiger partial charge in [-0.25, -0.2) is 18.2 Å². The predicted octanol–water partition coefficient (Wildman–Crippen LogP) is 2.28. The number of alkyl halides is 2. The second kappa shape index (κ2) is 3.55. The van der Waals surface area contributed by atoms with Crippen molar-refractivity contribution in [2.45, 2.75) is 13.3 Å². The maximum absolute atomic E-state index is 12.9. The Balaban J connectivity index is 3.32. The highest BCUT2D eigenvalue weighted by atomic mass is 19.3. The van der Waals surface area contributed by atoms with Gasteiger partial charge in [0.15, 0.2) is 12.1 Å². The van der Waals surface area contributed by atoms with E-state index in [1.807, 2.05) is 0 Å². The number of carbonyl (C=O) groups is 1. The number of aldehydes is 1. The van der Waals surface area contributed by atoms with Gasteiger partial charge in [-0.1, -0.05) is 0 Å². The van der Waals surface area contributed by atoms with Crippen molar-refractivity contribution in [2.24, 2.45) is 0 Å². The van der Waals surface area contributed by atoms with Gasteiger partial charge in [0.1, 0.15) is 11.4 Å². The number of hydrogen-bond acceptors (Lipinski definition) is 2. The zero-order chi connectivity index (χ0) is 10.0. The van der Waals surface area contributed by atoms with Gasteiger partial charge < -0.3 is 0 Å². The normalized spacial score (nSPS) is 10.5. The van der Waals surface area contributed by atoms with Crippen molar-refractivity contribution >= 4 is 6.29 Å². The van der Waals surface area contributed by atoms with E-state index in [0.717, 1.165) is 6.07 Å². The monoisotopic (exact) mass is 189 g/mol. The molecule has 0 unspecified atom stereocenters. The molecule has 0 aliphatic rings. The van der Waals surface area contributed by atoms with Gasteiger partial charge in [0, 0.05) is 0 Å². The summed E-state index contributed by atoms with van der Waals surface area (Å²) >= 11 is 0. The molecule has 1 heterocycles. The summed E-state index contributed by atoms with van der Waals surface area (Å²) < 4.78 is 37.1. The molecule has 0 aliphatic carbocycles. The van der Waals surface area contributed by atoms with Crippen LogP contribution in [0.5, 0.6) is 0 Å². The highest BCUT2D eigenvalue weighted by Gasteiger charge is 2.17. The lowest BCUT2D eigenvalue weighted by atomic mass is 10.2. The fourth-order valence-corrected chi connectivity index (χ4v) is 0.913. The molecule has 0 amide bonds. The SMILES string of the molecule is Cc1cc(C=O)nc(C(F)F)c1F. The van der Waals surface area contributed by atoms with Crippen molar-refractivity contribution < 1.29 is 18.0 Å². The Bertz CT molecular complexity index is 338. The van der Waals surface area contributed by atoms with Crippen molar-refractivity contribution in [3.05, 3.63) is 28.8 Å². The van der Waals surface area contributed by atoms with Crippen molar-refractivity contribution in [1.29, 1.82) is 0 Å². The first-order valence-electron chi connectivity index (χ1n) is 3.46. The summed E-state index contributed by atoms with van der Waals surface area (Å²) in [6, 6.07) is 1.12. The molecule has 1 rings (SSSR count). The van der Waals surface area contributed by atoms with Crippen LogP contribution in [0.15, 0.2) is 6.07 Å². The summed E-state index contributed by atoms with van der Waals surface area (Å²) in [5.74, 6) is -1.06. The van der Waals surface area contributed by atoms with Crippen LogP contribution in [0, 0.1) is 12.7 Å². The van der Waals surface area contributed by atoms with Crippen LogP contribution < -0.4 is 0 Å². The minimum Gasteiger partial charge on any atom is -0.296 e. The molecule has 0 aliphatic heterocycles. The summed E-state index contributed by atoms with van der Waals surface area (Å²) in [5, 5.41) is 0. The Hall–Kier alpha value is -1.39. The predicted molar refractivity (Wildman–Crippen MR) is 39.3 cm³/mol. The maximum Gasteiger partial charge on any atom is 0.283 e. The lowest BCUT2D eigenvalue weighted by Crippen LogP contribution is -2.02. The van der Waals surface area contributed by atoms with E-state index < -0.39 is 17.9 Å². The van der Waals surface area contributed by atoms with Crippen LogP contribution in [0.4, 0.5) is 13.2 Å². The van der Waals surface area contributed by atoms with E-state index >= 15 is 0 Å². The van der Waals surface area contributed by atoms with Gasteiger partial charge >= 0.3 is 0 Å². The lowest BCUT2D eigenvalue weighted by molar-refractivity contribution is 0.111. The third-order valence-corrected chi connectivity index (χ3v) is 1.51. The summed E-state index contributed by atoms with van der Waals surface area (Å²) in [5.41, 5.74) is -1.16. The molecular formula is C8H6F3NO. The number of carbonyl (C=O) groups excluding carboxylic acids is 1. The first-order chi connectivity index (χ1) is 6.06. The van der Waals surface area contributed by atoms with Gasteiger partial charge in [0.2, 0.25) is 0 Å². The summed E-state index contributed by atoms with van der Waals surface area (Å²) in [7, 11) is 0. The van der Waals surface area contributed by atoms with Crippen molar-refractivity contribution in [3.63, 3.8) is 0 Å². The van der Waals surface area contributed by atoms with E-state index in [-0.39, 0.29) is 11.3 Å². The standard InChI is InChI=1S/C8H6F3NO/c1-4-2-5(3-13)12-7(6(4)9)8(10)11/h2-3,8H,1H3. The second-order valence-electron chi connectivity index (χ2n) is 2.48. The van der Waals surface area contributed by atoms with Crippen LogP contribution in [-0.2, 0) is 0 Å². The third kappa shape index (κ3) is 1.85. The number of aromatic nitrogens is 1. The van der Waals surface area contributed by atoms with Gasteiger partial charge in [-0.2, -0.15) is 0 Å². The number of aryl methyl sites for hydroxylation is 1. The Kier molecular flexibility index (Phi) is 2.65. The number of nitrogens with zero attached hydrogens (tertiary/aromatic N) is 1.